The van der Waals surface area contributed by atoms with Gasteiger partial charge in [-0.2, -0.15) is 11.3 Å². The minimum atomic E-state index is 0.371. The summed E-state index contributed by atoms with van der Waals surface area (Å²) in [5.41, 5.74) is 5.41. The van der Waals surface area contributed by atoms with Gasteiger partial charge in [0.2, 0.25) is 0 Å². The largest absolute Gasteiger partial charge is 0.508 e. The Balaban J connectivity index is 1.76. The molecule has 100 valence electrons. The lowest BCUT2D eigenvalue weighted by atomic mass is 9.87. The lowest BCUT2D eigenvalue weighted by molar-refractivity contribution is 0.445. The van der Waals surface area contributed by atoms with Crippen molar-refractivity contribution in [2.24, 2.45) is 0 Å². The van der Waals surface area contributed by atoms with Crippen LogP contribution in [0.25, 0.3) is 0 Å². The van der Waals surface area contributed by atoms with Gasteiger partial charge in [0.25, 0.3) is 0 Å². The van der Waals surface area contributed by atoms with E-state index in [2.05, 4.69) is 29.1 Å². The van der Waals surface area contributed by atoms with Gasteiger partial charge in [0.15, 0.2) is 0 Å². The van der Waals surface area contributed by atoms with Gasteiger partial charge in [-0.05, 0) is 71.3 Å². The predicted octanol–water partition coefficient (Wildman–Crippen LogP) is 3.93. The summed E-state index contributed by atoms with van der Waals surface area (Å²) in [6.07, 6.45) is 3.50. The Morgan fingerprint density at radius 1 is 1.37 bits per heavy atom. The van der Waals surface area contributed by atoms with Gasteiger partial charge >= 0.3 is 0 Å². The first-order chi connectivity index (χ1) is 9.24. The number of phenols is 1. The second kappa shape index (κ2) is 5.35. The molecule has 0 spiro atoms. The van der Waals surface area contributed by atoms with E-state index >= 15 is 0 Å². The number of phenolic OH excluding ortho intramolecular Hbond substituents is 1. The molecule has 0 saturated heterocycles. The van der Waals surface area contributed by atoms with Gasteiger partial charge in [0.1, 0.15) is 5.75 Å². The molecule has 19 heavy (non-hydrogen) atoms. The maximum atomic E-state index is 9.68. The third kappa shape index (κ3) is 2.67. The third-order valence-electron chi connectivity index (χ3n) is 3.94. The van der Waals surface area contributed by atoms with E-state index in [-0.39, 0.29) is 0 Å². The molecule has 1 aliphatic carbocycles. The van der Waals surface area contributed by atoms with Crippen LogP contribution >= 0.6 is 11.3 Å². The molecule has 0 fully saturated rings. The van der Waals surface area contributed by atoms with E-state index < -0.39 is 0 Å². The van der Waals surface area contributed by atoms with Crippen LogP contribution in [0.3, 0.4) is 0 Å². The molecular weight excluding hydrogens is 254 g/mol. The van der Waals surface area contributed by atoms with Crippen molar-refractivity contribution in [2.75, 3.05) is 0 Å². The molecule has 2 nitrogen and oxygen atoms in total. The van der Waals surface area contributed by atoms with Crippen molar-refractivity contribution < 1.29 is 5.11 Å². The Morgan fingerprint density at radius 3 is 3.05 bits per heavy atom. The molecule has 0 aliphatic heterocycles. The number of thiophene rings is 1. The molecule has 1 aromatic heterocycles. The maximum Gasteiger partial charge on any atom is 0.115 e. The van der Waals surface area contributed by atoms with E-state index in [0.29, 0.717) is 11.8 Å². The second-order valence-corrected chi connectivity index (χ2v) is 6.03. The highest BCUT2D eigenvalue weighted by Gasteiger charge is 2.20. The Labute approximate surface area is 118 Å². The number of rotatable bonds is 3. The molecule has 2 N–H and O–H groups in total. The van der Waals surface area contributed by atoms with Crippen LogP contribution in [0.2, 0.25) is 0 Å². The number of hydrogen-bond donors (Lipinski definition) is 2. The maximum absolute atomic E-state index is 9.68. The number of hydrogen-bond acceptors (Lipinski definition) is 3. The quantitative estimate of drug-likeness (QED) is 0.888. The Hall–Kier alpha value is -1.32. The minimum absolute atomic E-state index is 0.371. The summed E-state index contributed by atoms with van der Waals surface area (Å²) in [4.78, 5) is 0. The zero-order valence-corrected chi connectivity index (χ0v) is 12.0. The van der Waals surface area contributed by atoms with E-state index in [0.717, 1.165) is 19.4 Å². The number of benzene rings is 1. The fraction of sp³-hybridized carbons (Fsp3) is 0.375. The highest BCUT2D eigenvalue weighted by molar-refractivity contribution is 7.08. The van der Waals surface area contributed by atoms with E-state index in [1.165, 1.54) is 28.7 Å². The second-order valence-electron chi connectivity index (χ2n) is 5.29. The van der Waals surface area contributed by atoms with Crippen molar-refractivity contribution in [2.45, 2.75) is 38.8 Å². The van der Waals surface area contributed by atoms with Gasteiger partial charge in [0, 0.05) is 12.6 Å². The summed E-state index contributed by atoms with van der Waals surface area (Å²) in [6, 6.07) is 6.15. The molecule has 1 aliphatic rings. The molecule has 3 heteroatoms. The van der Waals surface area contributed by atoms with Crippen molar-refractivity contribution in [3.05, 3.63) is 51.2 Å². The van der Waals surface area contributed by atoms with Crippen LogP contribution in [-0.2, 0) is 13.0 Å². The Bertz CT molecular complexity index is 576. The lowest BCUT2D eigenvalue weighted by Gasteiger charge is -2.26. The molecule has 1 aromatic carbocycles. The topological polar surface area (TPSA) is 32.3 Å². The van der Waals surface area contributed by atoms with Crippen LogP contribution in [0.4, 0.5) is 0 Å². The van der Waals surface area contributed by atoms with Gasteiger partial charge in [-0.25, -0.2) is 0 Å². The van der Waals surface area contributed by atoms with Crippen molar-refractivity contribution in [3.8, 4) is 5.75 Å². The zero-order chi connectivity index (χ0) is 13.2. The highest BCUT2D eigenvalue weighted by Crippen LogP contribution is 2.32. The first-order valence-corrected chi connectivity index (χ1v) is 7.75. The SMILES string of the molecule is Cc1cscc1CNC1CCCc2ccc(O)cc21. The van der Waals surface area contributed by atoms with Crippen LogP contribution in [0, 0.1) is 6.92 Å². The third-order valence-corrected chi connectivity index (χ3v) is 4.85. The molecule has 0 amide bonds. The van der Waals surface area contributed by atoms with Crippen molar-refractivity contribution in [3.63, 3.8) is 0 Å². The molecule has 1 heterocycles. The van der Waals surface area contributed by atoms with Crippen LogP contribution in [0.15, 0.2) is 29.0 Å². The predicted molar refractivity (Wildman–Crippen MR) is 79.7 cm³/mol. The van der Waals surface area contributed by atoms with E-state index in [1.807, 2.05) is 6.07 Å². The smallest absolute Gasteiger partial charge is 0.115 e. The highest BCUT2D eigenvalue weighted by atomic mass is 32.1. The number of fused-ring (bicyclic) bond motifs is 1. The molecule has 0 saturated carbocycles. The van der Waals surface area contributed by atoms with Crippen molar-refractivity contribution in [1.29, 1.82) is 0 Å². The summed E-state index contributed by atoms with van der Waals surface area (Å²) in [5, 5.41) is 17.7. The number of aromatic hydroxyl groups is 1. The first-order valence-electron chi connectivity index (χ1n) is 6.81. The standard InChI is InChI=1S/C16H19NOS/c1-11-9-19-10-13(11)8-17-16-4-2-3-12-5-6-14(18)7-15(12)16/h5-7,9-10,16-18H,2-4,8H2,1H3. The van der Waals surface area contributed by atoms with Gasteiger partial charge in [0.05, 0.1) is 0 Å². The monoisotopic (exact) mass is 273 g/mol. The molecule has 0 bridgehead atoms. The van der Waals surface area contributed by atoms with Crippen LogP contribution in [0.1, 0.15) is 41.1 Å². The lowest BCUT2D eigenvalue weighted by Crippen LogP contribution is -2.24. The molecule has 2 aromatic rings. The number of aryl methyl sites for hydroxylation is 2. The molecule has 3 rings (SSSR count). The molecular formula is C16H19NOS. The molecule has 0 radical (unpaired) electrons. The van der Waals surface area contributed by atoms with Crippen molar-refractivity contribution in [1.82, 2.24) is 5.32 Å². The van der Waals surface area contributed by atoms with Gasteiger partial charge in [-0.1, -0.05) is 6.07 Å². The molecule has 1 atom stereocenters. The van der Waals surface area contributed by atoms with Gasteiger partial charge in [-0.15, -0.1) is 0 Å². The Kier molecular flexibility index (Phi) is 3.58. The Morgan fingerprint density at radius 2 is 2.26 bits per heavy atom. The minimum Gasteiger partial charge on any atom is -0.508 e. The zero-order valence-electron chi connectivity index (χ0n) is 11.1. The van der Waals surface area contributed by atoms with E-state index in [4.69, 9.17) is 0 Å². The summed E-state index contributed by atoms with van der Waals surface area (Å²) >= 11 is 1.76. The summed E-state index contributed by atoms with van der Waals surface area (Å²) in [7, 11) is 0. The van der Waals surface area contributed by atoms with Crippen LogP contribution in [0.5, 0.6) is 5.75 Å². The summed E-state index contributed by atoms with van der Waals surface area (Å²) in [5.74, 6) is 0.374. The summed E-state index contributed by atoms with van der Waals surface area (Å²) < 4.78 is 0. The summed E-state index contributed by atoms with van der Waals surface area (Å²) in [6.45, 7) is 3.07. The normalized spacial score (nSPS) is 18.3. The fourth-order valence-corrected chi connectivity index (χ4v) is 3.66. The fourth-order valence-electron chi connectivity index (χ4n) is 2.80. The first kappa shape index (κ1) is 12.7. The number of nitrogens with one attached hydrogen (secondary N) is 1. The van der Waals surface area contributed by atoms with Gasteiger partial charge < -0.3 is 10.4 Å². The van der Waals surface area contributed by atoms with Crippen LogP contribution < -0.4 is 5.32 Å². The van der Waals surface area contributed by atoms with E-state index in [9.17, 15) is 5.11 Å². The molecule has 1 unspecified atom stereocenters. The average Bonchev–Trinajstić information content (AvgIpc) is 2.82. The average molecular weight is 273 g/mol. The van der Waals surface area contributed by atoms with Crippen molar-refractivity contribution >= 4 is 11.3 Å². The van der Waals surface area contributed by atoms with E-state index in [1.54, 1.807) is 17.4 Å². The van der Waals surface area contributed by atoms with Gasteiger partial charge in [-0.3, -0.25) is 0 Å². The van der Waals surface area contributed by atoms with Crippen LogP contribution in [-0.4, -0.2) is 5.11 Å².